The molecule has 10 N–H and O–H groups in total. The lowest BCUT2D eigenvalue weighted by Crippen LogP contribution is -2.47. The molecule has 1 rings (SSSR count). The van der Waals surface area contributed by atoms with Crippen molar-refractivity contribution in [2.24, 2.45) is 22.2 Å². The van der Waals surface area contributed by atoms with Gasteiger partial charge in [0.15, 0.2) is 5.96 Å². The minimum atomic E-state index is -0.886. The van der Waals surface area contributed by atoms with Crippen LogP contribution in [0.25, 0.3) is 0 Å². The summed E-state index contributed by atoms with van der Waals surface area (Å²) in [5, 5.41) is 21.1. The number of aliphatic imine (C=N–C) groups is 1. The van der Waals surface area contributed by atoms with Crippen molar-refractivity contribution in [3.05, 3.63) is 29.8 Å². The van der Waals surface area contributed by atoms with Gasteiger partial charge in [0.25, 0.3) is 0 Å². The summed E-state index contributed by atoms with van der Waals surface area (Å²) in [7, 11) is 0. The number of carbonyl (C=O) groups excluding carboxylic acids is 2. The Morgan fingerprint density at radius 2 is 1.78 bits per heavy atom. The number of nitrogens with one attached hydrogen (secondary N) is 2. The fourth-order valence-corrected chi connectivity index (χ4v) is 2.49. The van der Waals surface area contributed by atoms with Gasteiger partial charge in [-0.15, -0.1) is 0 Å². The minimum Gasteiger partial charge on any atom is -0.508 e. The first-order chi connectivity index (χ1) is 12.8. The monoisotopic (exact) mass is 380 g/mol. The number of rotatable bonds is 12. The molecule has 10 heteroatoms. The van der Waals surface area contributed by atoms with E-state index in [0.29, 0.717) is 25.8 Å². The van der Waals surface area contributed by atoms with Crippen molar-refractivity contribution in [1.82, 2.24) is 10.8 Å². The Morgan fingerprint density at radius 3 is 2.33 bits per heavy atom. The van der Waals surface area contributed by atoms with Gasteiger partial charge in [-0.2, -0.15) is 0 Å². The number of nitrogens with two attached hydrogens (primary N) is 3. The number of phenols is 1. The molecule has 0 aliphatic heterocycles. The maximum atomic E-state index is 12.2. The highest BCUT2D eigenvalue weighted by atomic mass is 16.5. The van der Waals surface area contributed by atoms with E-state index >= 15 is 0 Å². The Morgan fingerprint density at radius 1 is 1.11 bits per heavy atom. The SMILES string of the molecule is NC(=O)[C@H](Cc1ccc(O)cc1)NC(=O)CC(CCCCN=C(N)N)NO. The number of hydrogen-bond donors (Lipinski definition) is 7. The van der Waals surface area contributed by atoms with E-state index in [1.807, 2.05) is 0 Å². The average molecular weight is 380 g/mol. The molecule has 0 saturated heterocycles. The standard InChI is InChI=1S/C17H28N6O4/c18-16(26)14(9-11-4-6-13(24)7-5-11)22-15(25)10-12(23-27)3-1-2-8-21-17(19)20/h4-7,12,14,23-24,27H,1-3,8-10H2,(H2,18,26)(H,22,25)(H4,19,20,21)/t12?,14-/m0/s1. The fourth-order valence-electron chi connectivity index (χ4n) is 2.49. The summed E-state index contributed by atoms with van der Waals surface area (Å²) in [4.78, 5) is 27.7. The zero-order chi connectivity index (χ0) is 20.2. The molecule has 1 unspecified atom stereocenters. The molecule has 2 atom stereocenters. The second-order valence-corrected chi connectivity index (χ2v) is 6.23. The number of guanidine groups is 1. The van der Waals surface area contributed by atoms with Crippen LogP contribution >= 0.6 is 0 Å². The molecule has 1 aromatic carbocycles. The third-order valence-corrected chi connectivity index (χ3v) is 3.92. The number of carbonyl (C=O) groups is 2. The molecule has 2 amide bonds. The Kier molecular flexibility index (Phi) is 9.62. The number of hydroxylamine groups is 1. The summed E-state index contributed by atoms with van der Waals surface area (Å²) in [5.74, 6) is -0.942. The summed E-state index contributed by atoms with van der Waals surface area (Å²) < 4.78 is 0. The van der Waals surface area contributed by atoms with Crippen LogP contribution in [0.15, 0.2) is 29.3 Å². The molecule has 10 nitrogen and oxygen atoms in total. The van der Waals surface area contributed by atoms with Gasteiger partial charge in [-0.3, -0.25) is 14.6 Å². The van der Waals surface area contributed by atoms with E-state index in [0.717, 1.165) is 5.56 Å². The molecule has 1 aromatic rings. The molecular formula is C17H28N6O4. The largest absolute Gasteiger partial charge is 0.508 e. The van der Waals surface area contributed by atoms with Gasteiger partial charge in [-0.05, 0) is 37.0 Å². The topological polar surface area (TPSA) is 189 Å². The summed E-state index contributed by atoms with van der Waals surface area (Å²) in [6, 6.07) is 4.92. The molecule has 0 radical (unpaired) electrons. The van der Waals surface area contributed by atoms with E-state index in [-0.39, 0.29) is 24.6 Å². The van der Waals surface area contributed by atoms with Gasteiger partial charge in [-0.25, -0.2) is 5.48 Å². The van der Waals surface area contributed by atoms with Crippen molar-refractivity contribution in [2.75, 3.05) is 6.54 Å². The van der Waals surface area contributed by atoms with Crippen molar-refractivity contribution in [1.29, 1.82) is 0 Å². The predicted octanol–water partition coefficient (Wildman–Crippen LogP) is -0.914. The molecule has 0 aliphatic carbocycles. The molecular weight excluding hydrogens is 352 g/mol. The molecule has 0 fully saturated rings. The van der Waals surface area contributed by atoms with Gasteiger partial charge >= 0.3 is 0 Å². The average Bonchev–Trinajstić information content (AvgIpc) is 2.61. The van der Waals surface area contributed by atoms with E-state index < -0.39 is 23.9 Å². The second kappa shape index (κ2) is 11.7. The molecule has 0 heterocycles. The highest BCUT2D eigenvalue weighted by molar-refractivity contribution is 5.87. The normalized spacial score (nSPS) is 12.8. The van der Waals surface area contributed by atoms with Crippen LogP contribution in [0.4, 0.5) is 0 Å². The first-order valence-corrected chi connectivity index (χ1v) is 8.63. The van der Waals surface area contributed by atoms with Crippen molar-refractivity contribution in [3.63, 3.8) is 0 Å². The zero-order valence-electron chi connectivity index (χ0n) is 15.1. The minimum absolute atomic E-state index is 0.0157. The molecule has 0 aromatic heterocycles. The number of aromatic hydroxyl groups is 1. The lowest BCUT2D eigenvalue weighted by molar-refractivity contribution is -0.128. The van der Waals surface area contributed by atoms with Gasteiger partial charge in [0, 0.05) is 25.4 Å². The van der Waals surface area contributed by atoms with Gasteiger partial charge in [0.1, 0.15) is 11.8 Å². The van der Waals surface area contributed by atoms with Crippen LogP contribution < -0.4 is 28.0 Å². The highest BCUT2D eigenvalue weighted by Gasteiger charge is 2.21. The van der Waals surface area contributed by atoms with Crippen molar-refractivity contribution in [2.45, 2.75) is 44.2 Å². The third-order valence-electron chi connectivity index (χ3n) is 3.92. The van der Waals surface area contributed by atoms with E-state index in [9.17, 15) is 19.9 Å². The van der Waals surface area contributed by atoms with Gasteiger partial charge in [0.05, 0.1) is 0 Å². The maximum Gasteiger partial charge on any atom is 0.240 e. The molecule has 150 valence electrons. The lowest BCUT2D eigenvalue weighted by atomic mass is 10.0. The first kappa shape index (κ1) is 22.2. The summed E-state index contributed by atoms with van der Waals surface area (Å²) in [5.41, 5.74) is 18.7. The van der Waals surface area contributed by atoms with Gasteiger partial charge < -0.3 is 32.8 Å². The number of nitrogens with zero attached hydrogens (tertiary/aromatic N) is 1. The molecule has 0 saturated carbocycles. The summed E-state index contributed by atoms with van der Waals surface area (Å²) >= 11 is 0. The third kappa shape index (κ3) is 9.42. The zero-order valence-corrected chi connectivity index (χ0v) is 15.1. The quantitative estimate of drug-likeness (QED) is 0.106. The summed E-state index contributed by atoms with van der Waals surface area (Å²) in [6.07, 6.45) is 2.13. The van der Waals surface area contributed by atoms with Crippen LogP contribution in [0.3, 0.4) is 0 Å². The summed E-state index contributed by atoms with van der Waals surface area (Å²) in [6.45, 7) is 0.475. The Balaban J connectivity index is 2.48. The number of hydrogen-bond acceptors (Lipinski definition) is 6. The van der Waals surface area contributed by atoms with Crippen LogP contribution in [0.2, 0.25) is 0 Å². The highest BCUT2D eigenvalue weighted by Crippen LogP contribution is 2.12. The predicted molar refractivity (Wildman–Crippen MR) is 101 cm³/mol. The smallest absolute Gasteiger partial charge is 0.240 e. The number of phenolic OH excluding ortho intramolecular Hbond substituents is 1. The van der Waals surface area contributed by atoms with Crippen LogP contribution in [-0.4, -0.2) is 46.7 Å². The molecule has 0 bridgehead atoms. The Bertz CT molecular complexity index is 631. The number of benzene rings is 1. The van der Waals surface area contributed by atoms with E-state index in [4.69, 9.17) is 17.2 Å². The van der Waals surface area contributed by atoms with Gasteiger partial charge in [0.2, 0.25) is 11.8 Å². The Labute approximate surface area is 157 Å². The molecule has 0 spiro atoms. The Hall–Kier alpha value is -2.85. The van der Waals surface area contributed by atoms with Crippen LogP contribution in [-0.2, 0) is 16.0 Å². The van der Waals surface area contributed by atoms with E-state index in [1.165, 1.54) is 12.1 Å². The lowest BCUT2D eigenvalue weighted by Gasteiger charge is -2.19. The molecule has 27 heavy (non-hydrogen) atoms. The molecule has 0 aliphatic rings. The fraction of sp³-hybridized carbons (Fsp3) is 0.471. The van der Waals surface area contributed by atoms with Crippen molar-refractivity contribution in [3.8, 4) is 5.75 Å². The number of primary amides is 1. The van der Waals surface area contributed by atoms with Gasteiger partial charge in [-0.1, -0.05) is 12.1 Å². The van der Waals surface area contributed by atoms with Crippen LogP contribution in [0.1, 0.15) is 31.2 Å². The van der Waals surface area contributed by atoms with Crippen LogP contribution in [0.5, 0.6) is 5.75 Å². The maximum absolute atomic E-state index is 12.2. The van der Waals surface area contributed by atoms with Crippen molar-refractivity contribution < 1.29 is 19.9 Å². The number of unbranched alkanes of at least 4 members (excludes halogenated alkanes) is 1. The first-order valence-electron chi connectivity index (χ1n) is 8.63. The van der Waals surface area contributed by atoms with E-state index in [2.05, 4.69) is 15.8 Å². The van der Waals surface area contributed by atoms with E-state index in [1.54, 1.807) is 12.1 Å². The number of amides is 2. The van der Waals surface area contributed by atoms with Crippen LogP contribution in [0, 0.1) is 0 Å². The van der Waals surface area contributed by atoms with Crippen molar-refractivity contribution >= 4 is 17.8 Å². The second-order valence-electron chi connectivity index (χ2n) is 6.23.